The second-order valence-electron chi connectivity index (χ2n) is 29.2. The van der Waals surface area contributed by atoms with Gasteiger partial charge in [-0.1, -0.05) is 27.7 Å². The van der Waals surface area contributed by atoms with Crippen LogP contribution < -0.4 is 109 Å². The molecule has 30 N–H and O–H groups in total. The molecule has 0 saturated carbocycles. The number of aliphatic hydroxyl groups is 2. The van der Waals surface area contributed by atoms with Crippen molar-refractivity contribution < 1.29 is 107 Å². The highest BCUT2D eigenvalue weighted by Gasteiger charge is 2.42. The molecule has 0 aromatic rings. The molecule has 0 bridgehead atoms. The number of carbonyl (C=O) groups is 18. The van der Waals surface area contributed by atoms with Gasteiger partial charge in [-0.05, 0) is 161 Å². The average molecular weight is 1670 g/mol. The van der Waals surface area contributed by atoms with Crippen molar-refractivity contribution >= 4 is 125 Å². The number of thiol groups is 1. The molecule has 45 heteroatoms. The van der Waals surface area contributed by atoms with Gasteiger partial charge in [0.2, 0.25) is 94.5 Å². The van der Waals surface area contributed by atoms with Crippen LogP contribution in [0.25, 0.3) is 0 Å². The lowest BCUT2D eigenvalue weighted by Gasteiger charge is -2.31. The molecule has 1 rings (SSSR count). The van der Waals surface area contributed by atoms with E-state index in [1.54, 1.807) is 27.7 Å². The van der Waals surface area contributed by atoms with E-state index in [0.29, 0.717) is 32.1 Å². The number of likely N-dealkylation sites (tertiary alicyclic amines) is 1. The zero-order valence-electron chi connectivity index (χ0n) is 67.3. The van der Waals surface area contributed by atoms with E-state index in [9.17, 15) is 107 Å². The molecule has 1 saturated heterocycles. The first kappa shape index (κ1) is 104. The SMILES string of the molecule is CC(=O)NC(CS)C(=O)NC(CCCCN)C(=O)NC(CCCCN)C(=O)NCC(=O)NC(CO)C(=O)NC(C)C(=O)NC(CC(C)C)C(=O)NC(CCC(=O)O)C(=O)NC(CCC(=O)O)C(=O)N1CCCC1C(=O)NC(CCCCN)C(=O)NC(C)C(=O)NC(C(=O)NC(CCCN=C(N)N)C(=O)NC(CC(C)C)C(N)=O)C(C)O. The van der Waals surface area contributed by atoms with E-state index in [2.05, 4.69) is 92.1 Å². The van der Waals surface area contributed by atoms with Gasteiger partial charge in [0.05, 0.1) is 19.3 Å². The summed E-state index contributed by atoms with van der Waals surface area (Å²) in [6.07, 6.45) is -2.03. The highest BCUT2D eigenvalue weighted by molar-refractivity contribution is 7.80. The summed E-state index contributed by atoms with van der Waals surface area (Å²) in [4.78, 5) is 247. The van der Waals surface area contributed by atoms with Crippen molar-refractivity contribution in [3.63, 3.8) is 0 Å². The fourth-order valence-corrected chi connectivity index (χ4v) is 12.1. The molecule has 658 valence electrons. The fourth-order valence-electron chi connectivity index (χ4n) is 11.8. The van der Waals surface area contributed by atoms with Crippen molar-refractivity contribution in [2.24, 2.45) is 51.2 Å². The Morgan fingerprint density at radius 2 is 0.845 bits per heavy atom. The smallest absolute Gasteiger partial charge is 0.303 e. The van der Waals surface area contributed by atoms with E-state index in [4.69, 9.17) is 34.4 Å². The molecule has 0 aromatic heterocycles. The number of amides is 16. The fraction of sp³-hybridized carbons (Fsp3) is 0.732. The normalized spacial score (nSPS) is 16.1. The largest absolute Gasteiger partial charge is 0.481 e. The van der Waals surface area contributed by atoms with Gasteiger partial charge >= 0.3 is 11.9 Å². The number of aliphatic imine (C=N–C) groups is 1. The zero-order valence-corrected chi connectivity index (χ0v) is 68.2. The number of guanidine groups is 1. The van der Waals surface area contributed by atoms with Crippen LogP contribution in [0.3, 0.4) is 0 Å². The van der Waals surface area contributed by atoms with Gasteiger partial charge in [0.15, 0.2) is 5.96 Å². The summed E-state index contributed by atoms with van der Waals surface area (Å²) in [7, 11) is 0. The minimum absolute atomic E-state index is 0.0215. The van der Waals surface area contributed by atoms with Crippen LogP contribution in [0.15, 0.2) is 4.99 Å². The second kappa shape index (κ2) is 55.4. The first-order valence-corrected chi connectivity index (χ1v) is 39.5. The Labute approximate surface area is 679 Å². The summed E-state index contributed by atoms with van der Waals surface area (Å²) in [5.41, 5.74) is 33.5. The molecular formula is C71H126N22O22S. The van der Waals surface area contributed by atoms with Crippen LogP contribution in [0.1, 0.15) is 177 Å². The Morgan fingerprint density at radius 1 is 0.448 bits per heavy atom. The van der Waals surface area contributed by atoms with Gasteiger partial charge in [-0.3, -0.25) is 91.3 Å². The number of hydrogen-bond donors (Lipinski definition) is 25. The van der Waals surface area contributed by atoms with Crippen molar-refractivity contribution in [1.29, 1.82) is 0 Å². The van der Waals surface area contributed by atoms with E-state index in [-0.39, 0.29) is 115 Å². The topological polar surface area (TPSA) is 728 Å². The molecule has 0 spiro atoms. The number of nitrogens with zero attached hydrogens (tertiary/aromatic N) is 2. The molecule has 0 radical (unpaired) electrons. The zero-order chi connectivity index (χ0) is 88.1. The van der Waals surface area contributed by atoms with Gasteiger partial charge in [0.25, 0.3) is 0 Å². The molecule has 15 atom stereocenters. The van der Waals surface area contributed by atoms with Crippen molar-refractivity contribution in [3.8, 4) is 0 Å². The Hall–Kier alpha value is -10.1. The predicted molar refractivity (Wildman–Crippen MR) is 423 cm³/mol. The lowest BCUT2D eigenvalue weighted by atomic mass is 10.0. The highest BCUT2D eigenvalue weighted by atomic mass is 32.1. The Morgan fingerprint density at radius 3 is 1.29 bits per heavy atom. The van der Waals surface area contributed by atoms with E-state index < -0.39 is 242 Å². The number of nitrogens with one attached hydrogen (secondary N) is 14. The molecule has 1 aliphatic heterocycles. The van der Waals surface area contributed by atoms with Gasteiger partial charge < -0.3 is 134 Å². The summed E-state index contributed by atoms with van der Waals surface area (Å²) < 4.78 is 0. The van der Waals surface area contributed by atoms with Crippen LogP contribution in [-0.4, -0.2) is 280 Å². The quantitative estimate of drug-likeness (QED) is 0.0116. The third-order valence-electron chi connectivity index (χ3n) is 18.1. The van der Waals surface area contributed by atoms with Gasteiger partial charge in [-0.25, -0.2) is 0 Å². The van der Waals surface area contributed by atoms with E-state index in [1.165, 1.54) is 20.8 Å². The van der Waals surface area contributed by atoms with E-state index in [0.717, 1.165) is 11.8 Å². The van der Waals surface area contributed by atoms with Crippen LogP contribution in [0, 0.1) is 11.8 Å². The van der Waals surface area contributed by atoms with Crippen LogP contribution >= 0.6 is 12.6 Å². The number of aliphatic carboxylic acids is 2. The second-order valence-corrected chi connectivity index (χ2v) is 29.5. The number of unbranched alkanes of at least 4 members (excludes halogenated alkanes) is 3. The Kier molecular flexibility index (Phi) is 49.7. The molecule has 116 heavy (non-hydrogen) atoms. The number of carboxylic acid groups (broad SMARTS) is 2. The molecule has 1 aliphatic rings. The van der Waals surface area contributed by atoms with E-state index >= 15 is 0 Å². The molecule has 16 amide bonds. The lowest BCUT2D eigenvalue weighted by molar-refractivity contribution is -0.144. The summed E-state index contributed by atoms with van der Waals surface area (Å²) in [6.45, 7) is 10.3. The van der Waals surface area contributed by atoms with Crippen molar-refractivity contribution in [2.45, 2.75) is 268 Å². The van der Waals surface area contributed by atoms with Gasteiger partial charge in [0.1, 0.15) is 84.6 Å². The maximum atomic E-state index is 14.6. The first-order valence-electron chi connectivity index (χ1n) is 38.8. The number of carboxylic acids is 2. The number of aliphatic hydroxyl groups excluding tert-OH is 2. The van der Waals surface area contributed by atoms with Crippen LogP contribution in [0.2, 0.25) is 0 Å². The number of nitrogens with two attached hydrogens (primary N) is 6. The predicted octanol–water partition coefficient (Wildman–Crippen LogP) is -8.49. The monoisotopic (exact) mass is 1670 g/mol. The van der Waals surface area contributed by atoms with Crippen LogP contribution in [-0.2, 0) is 86.3 Å². The average Bonchev–Trinajstić information content (AvgIpc) is 1.62. The van der Waals surface area contributed by atoms with Crippen molar-refractivity contribution in [1.82, 2.24) is 79.3 Å². The molecule has 15 unspecified atom stereocenters. The lowest BCUT2D eigenvalue weighted by Crippen LogP contribution is -2.61. The number of rotatable bonds is 58. The standard InChI is InChI=1S/C71H126N22O22S/c1-36(2)31-48(57(75)102)90-63(108)45(20-15-29-78-71(76)77)88-69(114)56(40(7)95)92-59(104)39(6)80-61(106)43(18-10-13-27-73)87-68(113)52-21-16-30-93(52)70(115)47(23-25-55(100)101)89-64(109)46(22-24-54(98)99)86-65(110)49(32-37(3)4)91-58(103)38(5)81-66(111)50(34-94)83-53(97)33-79-60(105)42(17-9-12-26-72)84-62(107)44(19-11-14-28-74)85-67(112)51(35-116)82-41(8)96/h36-40,42-52,56,94-95,116H,9-35,72-74H2,1-8H3,(H2,75,102)(H,79,105)(H,80,106)(H,81,111)(H,82,96)(H,83,97)(H,84,107)(H,85,112)(H,86,110)(H,87,113)(H,88,114)(H,89,109)(H,90,108)(H,91,103)(H,92,104)(H,98,99)(H,100,101)(H4,76,77,78). The minimum atomic E-state index is -1.81. The van der Waals surface area contributed by atoms with Gasteiger partial charge in [-0.15, -0.1) is 0 Å². The maximum absolute atomic E-state index is 14.6. The van der Waals surface area contributed by atoms with Gasteiger partial charge in [0, 0.05) is 38.6 Å². The molecule has 1 heterocycles. The summed E-state index contributed by atoms with van der Waals surface area (Å²) in [5.74, 6) is -18.7. The van der Waals surface area contributed by atoms with Crippen LogP contribution in [0.4, 0.5) is 0 Å². The van der Waals surface area contributed by atoms with Crippen molar-refractivity contribution in [2.75, 3.05) is 51.6 Å². The number of carbonyl (C=O) groups excluding carboxylic acids is 16. The third-order valence-corrected chi connectivity index (χ3v) is 18.5. The highest BCUT2D eigenvalue weighted by Crippen LogP contribution is 2.22. The molecular weight excluding hydrogens is 1540 g/mol. The summed E-state index contributed by atoms with van der Waals surface area (Å²) in [5, 5.41) is 74.7. The Balaban J connectivity index is 3.42. The van der Waals surface area contributed by atoms with Crippen LogP contribution in [0.5, 0.6) is 0 Å². The third kappa shape index (κ3) is 40.4. The molecule has 1 fully saturated rings. The minimum Gasteiger partial charge on any atom is -0.481 e. The van der Waals surface area contributed by atoms with E-state index in [1.807, 2.05) is 0 Å². The van der Waals surface area contributed by atoms with Crippen molar-refractivity contribution in [3.05, 3.63) is 0 Å². The number of hydrogen-bond acceptors (Lipinski definition) is 25. The summed E-state index contributed by atoms with van der Waals surface area (Å²) in [6, 6.07) is -20.6. The van der Waals surface area contributed by atoms with Gasteiger partial charge in [-0.2, -0.15) is 12.6 Å². The molecule has 0 aliphatic carbocycles. The number of primary amides is 1. The maximum Gasteiger partial charge on any atom is 0.303 e. The first-order chi connectivity index (χ1) is 54.5. The Bertz CT molecular complexity index is 3330. The summed E-state index contributed by atoms with van der Waals surface area (Å²) >= 11 is 4.11. The molecule has 0 aromatic carbocycles. The molecule has 44 nitrogen and oxygen atoms in total.